The Morgan fingerprint density at radius 3 is 2.57 bits per heavy atom. The zero-order valence-corrected chi connectivity index (χ0v) is 18.6. The number of hydrogen-bond acceptors (Lipinski definition) is 6. The highest BCUT2D eigenvalue weighted by Crippen LogP contribution is 2.45. The maximum absolute atomic E-state index is 14.5. The quantitative estimate of drug-likeness (QED) is 0.750. The minimum atomic E-state index is -2.11. The lowest BCUT2D eigenvalue weighted by atomic mass is 9.99. The molecule has 9 heteroatoms. The van der Waals surface area contributed by atoms with Crippen LogP contribution < -0.4 is 5.73 Å². The minimum absolute atomic E-state index is 0.0159. The van der Waals surface area contributed by atoms with Gasteiger partial charge in [0.15, 0.2) is 19.8 Å². The Kier molecular flexibility index (Phi) is 5.33. The van der Waals surface area contributed by atoms with Crippen LogP contribution in [-0.2, 0) is 9.16 Å². The van der Waals surface area contributed by atoms with E-state index in [2.05, 4.69) is 43.8 Å². The van der Waals surface area contributed by atoms with Crippen LogP contribution in [0.1, 0.15) is 40.8 Å². The Bertz CT molecular complexity index is 865. The Morgan fingerprint density at radius 2 is 2.00 bits per heavy atom. The third-order valence-corrected chi connectivity index (χ3v) is 10.6. The second kappa shape index (κ2) is 7.05. The molecular formula is C19H31FN4O3Si. The number of aliphatic hydroxyl groups is 1. The van der Waals surface area contributed by atoms with E-state index >= 15 is 0 Å². The summed E-state index contributed by atoms with van der Waals surface area (Å²) in [5.74, 6) is -0.528. The highest BCUT2D eigenvalue weighted by Gasteiger charge is 2.50. The van der Waals surface area contributed by atoms with E-state index in [0.29, 0.717) is 5.65 Å². The molecule has 0 unspecified atom stereocenters. The number of hydrogen-bond donors (Lipinski definition) is 2. The maximum atomic E-state index is 14.5. The predicted molar refractivity (Wildman–Crippen MR) is 109 cm³/mol. The van der Waals surface area contributed by atoms with Gasteiger partial charge in [-0.15, -0.1) is 0 Å². The molecule has 0 saturated carbocycles. The molecule has 0 spiro atoms. The Balaban J connectivity index is 2.00. The van der Waals surface area contributed by atoms with Crippen molar-refractivity contribution in [2.75, 3.05) is 5.73 Å². The van der Waals surface area contributed by atoms with Gasteiger partial charge in [0, 0.05) is 12.1 Å². The van der Waals surface area contributed by atoms with Gasteiger partial charge in [-0.1, -0.05) is 27.7 Å². The molecule has 2 aromatic heterocycles. The summed E-state index contributed by atoms with van der Waals surface area (Å²) >= 11 is 0. The van der Waals surface area contributed by atoms with E-state index in [1.54, 1.807) is 11.5 Å². The molecule has 156 valence electrons. The number of nitrogens with zero attached hydrogens (tertiary/aromatic N) is 3. The second-order valence-electron chi connectivity index (χ2n) is 9.28. The minimum Gasteiger partial charge on any atom is -0.411 e. The van der Waals surface area contributed by atoms with E-state index in [1.165, 1.54) is 12.5 Å². The first-order chi connectivity index (χ1) is 12.8. The first-order valence-electron chi connectivity index (χ1n) is 9.63. The van der Waals surface area contributed by atoms with Crippen LogP contribution in [0.4, 0.5) is 10.2 Å². The maximum Gasteiger partial charge on any atom is 0.192 e. The number of aromatic nitrogens is 3. The van der Waals surface area contributed by atoms with E-state index in [0.717, 1.165) is 0 Å². The molecule has 3 rings (SSSR count). The SMILES string of the molecule is C[C@H]1[C@H](O[Si](C)(C)C(C)(C)C)[C@@H]([C@H](C)O)O[C@H]1n1cc(F)c2c(N)ncnc21. The first kappa shape index (κ1) is 21.2. The second-order valence-corrected chi connectivity index (χ2v) is 14.0. The van der Waals surface area contributed by atoms with E-state index in [1.807, 2.05) is 6.92 Å². The molecule has 0 radical (unpaired) electrons. The normalized spacial score (nSPS) is 27.5. The summed E-state index contributed by atoms with van der Waals surface area (Å²) < 4.78 is 29.0. The van der Waals surface area contributed by atoms with Crippen LogP contribution in [0, 0.1) is 11.7 Å². The number of fused-ring (bicyclic) bond motifs is 1. The van der Waals surface area contributed by atoms with Crippen LogP contribution in [0.5, 0.6) is 0 Å². The molecule has 3 N–H and O–H groups in total. The summed E-state index contributed by atoms with van der Waals surface area (Å²) in [7, 11) is -2.11. The van der Waals surface area contributed by atoms with Crippen LogP contribution in [0.25, 0.3) is 11.0 Å². The van der Waals surface area contributed by atoms with Crippen molar-refractivity contribution in [2.45, 2.75) is 77.3 Å². The first-order valence-corrected chi connectivity index (χ1v) is 12.5. The number of nitrogen functional groups attached to an aromatic ring is 1. The van der Waals surface area contributed by atoms with Crippen molar-refractivity contribution >= 4 is 25.2 Å². The third-order valence-electron chi connectivity index (χ3n) is 6.17. The summed E-state index contributed by atoms with van der Waals surface area (Å²) in [6, 6.07) is 0. The molecule has 1 saturated heterocycles. The van der Waals surface area contributed by atoms with Crippen molar-refractivity contribution in [1.82, 2.24) is 14.5 Å². The van der Waals surface area contributed by atoms with E-state index in [9.17, 15) is 9.50 Å². The Morgan fingerprint density at radius 1 is 1.36 bits per heavy atom. The molecule has 7 nitrogen and oxygen atoms in total. The monoisotopic (exact) mass is 410 g/mol. The number of ether oxygens (including phenoxy) is 1. The third kappa shape index (κ3) is 3.45. The summed E-state index contributed by atoms with van der Waals surface area (Å²) in [5, 5.41) is 10.5. The molecule has 1 fully saturated rings. The van der Waals surface area contributed by atoms with Gasteiger partial charge in [0.1, 0.15) is 24.5 Å². The predicted octanol–water partition coefficient (Wildman–Crippen LogP) is 3.46. The van der Waals surface area contributed by atoms with E-state index < -0.39 is 32.6 Å². The highest BCUT2D eigenvalue weighted by atomic mass is 28.4. The van der Waals surface area contributed by atoms with Crippen molar-refractivity contribution in [1.29, 1.82) is 0 Å². The van der Waals surface area contributed by atoms with E-state index in [4.69, 9.17) is 14.9 Å². The summed E-state index contributed by atoms with van der Waals surface area (Å²) in [4.78, 5) is 8.08. The topological polar surface area (TPSA) is 95.4 Å². The molecule has 0 aliphatic carbocycles. The number of nitrogens with two attached hydrogens (primary N) is 1. The van der Waals surface area contributed by atoms with Gasteiger partial charge < -0.3 is 24.6 Å². The highest BCUT2D eigenvalue weighted by molar-refractivity contribution is 6.74. The van der Waals surface area contributed by atoms with Crippen LogP contribution in [0.2, 0.25) is 18.1 Å². The molecule has 0 amide bonds. The molecule has 0 bridgehead atoms. The average Bonchev–Trinajstić information content (AvgIpc) is 3.05. The lowest BCUT2D eigenvalue weighted by Gasteiger charge is -2.40. The van der Waals surface area contributed by atoms with Crippen molar-refractivity contribution in [3.05, 3.63) is 18.3 Å². The largest absolute Gasteiger partial charge is 0.411 e. The van der Waals surface area contributed by atoms with Crippen LogP contribution in [-0.4, -0.2) is 46.3 Å². The lowest BCUT2D eigenvalue weighted by Crippen LogP contribution is -2.49. The van der Waals surface area contributed by atoms with Gasteiger partial charge in [-0.25, -0.2) is 14.4 Å². The van der Waals surface area contributed by atoms with Crippen LogP contribution >= 0.6 is 0 Å². The standard InChI is InChI=1S/C19H31FN4O3Si/c1-10-14(27-28(6,7)19(3,4)5)15(11(2)25)26-18(10)24-8-12(20)13-16(21)22-9-23-17(13)24/h8-11,14-15,18,25H,1-7H3,(H2,21,22,23)/t10-,11-,14-,15+,18+/m0/s1. The summed E-state index contributed by atoms with van der Waals surface area (Å²) in [6.45, 7) is 14.5. The molecule has 1 aliphatic rings. The van der Waals surface area contributed by atoms with Gasteiger partial charge >= 0.3 is 0 Å². The molecule has 28 heavy (non-hydrogen) atoms. The lowest BCUT2D eigenvalue weighted by molar-refractivity contribution is -0.0737. The van der Waals surface area contributed by atoms with Crippen molar-refractivity contribution in [3.63, 3.8) is 0 Å². The Hall–Kier alpha value is -1.55. The van der Waals surface area contributed by atoms with Gasteiger partial charge in [-0.2, -0.15) is 0 Å². The fourth-order valence-corrected chi connectivity index (χ4v) is 4.86. The molecule has 0 aromatic carbocycles. The van der Waals surface area contributed by atoms with Gasteiger partial charge in [0.2, 0.25) is 0 Å². The van der Waals surface area contributed by atoms with Crippen molar-refractivity contribution in [3.8, 4) is 0 Å². The molecule has 5 atom stereocenters. The number of anilines is 1. The average molecular weight is 411 g/mol. The van der Waals surface area contributed by atoms with Crippen LogP contribution in [0.15, 0.2) is 12.5 Å². The fourth-order valence-electron chi connectivity index (χ4n) is 3.48. The Labute approximate surface area is 166 Å². The van der Waals surface area contributed by atoms with E-state index in [-0.39, 0.29) is 28.3 Å². The number of halogens is 1. The number of rotatable bonds is 4. The van der Waals surface area contributed by atoms with Gasteiger partial charge in [0.25, 0.3) is 0 Å². The summed E-state index contributed by atoms with van der Waals surface area (Å²) in [6.07, 6.45) is 0.553. The van der Waals surface area contributed by atoms with Crippen LogP contribution in [0.3, 0.4) is 0 Å². The zero-order chi connectivity index (χ0) is 21.0. The molecular weight excluding hydrogens is 379 g/mol. The smallest absolute Gasteiger partial charge is 0.192 e. The van der Waals surface area contributed by atoms with Crippen molar-refractivity contribution < 1.29 is 18.7 Å². The fraction of sp³-hybridized carbons (Fsp3) is 0.684. The zero-order valence-electron chi connectivity index (χ0n) is 17.6. The molecule has 1 aliphatic heterocycles. The molecule has 2 aromatic rings. The number of aliphatic hydroxyl groups excluding tert-OH is 1. The van der Waals surface area contributed by atoms with Gasteiger partial charge in [0.05, 0.1) is 17.6 Å². The summed E-state index contributed by atoms with van der Waals surface area (Å²) in [5.41, 5.74) is 6.21. The molecule has 3 heterocycles. The van der Waals surface area contributed by atoms with Crippen molar-refractivity contribution in [2.24, 2.45) is 5.92 Å². The van der Waals surface area contributed by atoms with Gasteiger partial charge in [-0.05, 0) is 25.1 Å². The van der Waals surface area contributed by atoms with Gasteiger partial charge in [-0.3, -0.25) is 0 Å².